The first-order valence-corrected chi connectivity index (χ1v) is 12.2. The molecule has 8 heteroatoms. The molecule has 0 radical (unpaired) electrons. The Morgan fingerprint density at radius 1 is 1.28 bits per heavy atom. The maximum absolute atomic E-state index is 12.2. The van der Waals surface area contributed by atoms with E-state index in [0.29, 0.717) is 23.5 Å². The Hall–Kier alpha value is -2.03. The first-order chi connectivity index (χ1) is 15.4. The van der Waals surface area contributed by atoms with Gasteiger partial charge >= 0.3 is 6.03 Å². The number of carbonyl (C=O) groups excluding carboxylic acids is 1. The summed E-state index contributed by atoms with van der Waals surface area (Å²) in [6, 6.07) is 7.74. The largest absolute Gasteiger partial charge is 0.338 e. The van der Waals surface area contributed by atoms with Crippen LogP contribution in [0, 0.1) is 5.92 Å². The predicted octanol–water partition coefficient (Wildman–Crippen LogP) is 4.28. The van der Waals surface area contributed by atoms with Crippen LogP contribution in [-0.4, -0.2) is 55.2 Å². The van der Waals surface area contributed by atoms with Gasteiger partial charge in [0.15, 0.2) is 11.4 Å². The van der Waals surface area contributed by atoms with Crippen molar-refractivity contribution in [3.05, 3.63) is 29.8 Å². The zero-order valence-corrected chi connectivity index (χ0v) is 20.8. The van der Waals surface area contributed by atoms with E-state index < -0.39 is 0 Å². The van der Waals surface area contributed by atoms with Crippen LogP contribution in [0.3, 0.4) is 0 Å². The van der Waals surface area contributed by atoms with Gasteiger partial charge in [0.05, 0.1) is 0 Å². The summed E-state index contributed by atoms with van der Waals surface area (Å²) in [4.78, 5) is 19.3. The first-order valence-electron chi connectivity index (χ1n) is 11.8. The number of anilines is 1. The second kappa shape index (κ2) is 14.2. The fraction of sp³-hybridized carbons (Fsp3) is 0.625. The zero-order valence-electron chi connectivity index (χ0n) is 20.0. The number of unbranched alkanes of at least 4 members (excludes halogenated alkanes) is 1. The molecule has 0 aromatic heterocycles. The second-order valence-electron chi connectivity index (χ2n) is 8.63. The van der Waals surface area contributed by atoms with E-state index in [1.54, 1.807) is 0 Å². The number of hydrogen-bond acceptors (Lipinski definition) is 5. The predicted molar refractivity (Wildman–Crippen MR) is 138 cm³/mol. The van der Waals surface area contributed by atoms with Gasteiger partial charge in [-0.15, -0.1) is 0 Å². The van der Waals surface area contributed by atoms with Gasteiger partial charge in [0.2, 0.25) is 0 Å². The van der Waals surface area contributed by atoms with Crippen LogP contribution in [-0.2, 0) is 0 Å². The van der Waals surface area contributed by atoms with Gasteiger partial charge in [-0.2, -0.15) is 0 Å². The lowest BCUT2D eigenvalue weighted by Gasteiger charge is -2.35. The minimum absolute atomic E-state index is 0.0701. The molecule has 0 bridgehead atoms. The van der Waals surface area contributed by atoms with Gasteiger partial charge in [-0.25, -0.2) is 4.79 Å². The van der Waals surface area contributed by atoms with E-state index in [9.17, 15) is 4.79 Å². The monoisotopic (exact) mass is 460 g/mol. The number of aliphatic imine (C=N–C) groups is 1. The number of rotatable bonds is 10. The minimum Gasteiger partial charge on any atom is -0.338 e. The molecule has 1 atom stereocenters. The number of piperidine rings is 1. The molecule has 4 N–H and O–H groups in total. The number of hydrogen-bond donors (Lipinski definition) is 4. The van der Waals surface area contributed by atoms with Crippen LogP contribution in [0.1, 0.15) is 64.4 Å². The Kier molecular flexibility index (Phi) is 11.6. The van der Waals surface area contributed by atoms with Crippen LogP contribution in [0.5, 0.6) is 0 Å². The highest BCUT2D eigenvalue weighted by molar-refractivity contribution is 7.80. The van der Waals surface area contributed by atoms with Gasteiger partial charge in [0, 0.05) is 31.5 Å². The van der Waals surface area contributed by atoms with Crippen molar-refractivity contribution >= 4 is 35.3 Å². The van der Waals surface area contributed by atoms with Crippen molar-refractivity contribution < 1.29 is 4.79 Å². The molecule has 2 amide bonds. The maximum Gasteiger partial charge on any atom is 0.321 e. The van der Waals surface area contributed by atoms with E-state index in [2.05, 4.69) is 58.0 Å². The van der Waals surface area contributed by atoms with E-state index in [0.717, 1.165) is 50.9 Å². The fourth-order valence-corrected chi connectivity index (χ4v) is 4.15. The Balaban J connectivity index is 1.67. The van der Waals surface area contributed by atoms with Crippen LogP contribution in [0.2, 0.25) is 0 Å². The molecular weight excluding hydrogens is 420 g/mol. The molecule has 1 heterocycles. The van der Waals surface area contributed by atoms with Gasteiger partial charge in [-0.1, -0.05) is 45.4 Å². The Morgan fingerprint density at radius 3 is 2.66 bits per heavy atom. The van der Waals surface area contributed by atoms with Crippen LogP contribution >= 0.6 is 12.2 Å². The van der Waals surface area contributed by atoms with Gasteiger partial charge in [0.25, 0.3) is 0 Å². The summed E-state index contributed by atoms with van der Waals surface area (Å²) >= 11 is 5.31. The molecule has 7 nitrogen and oxygen atoms in total. The van der Waals surface area contributed by atoms with Gasteiger partial charge in [-0.05, 0) is 68.4 Å². The smallest absolute Gasteiger partial charge is 0.321 e. The molecule has 0 aliphatic carbocycles. The minimum atomic E-state index is -0.262. The molecule has 1 aliphatic rings. The van der Waals surface area contributed by atoms with E-state index in [-0.39, 0.29) is 12.3 Å². The highest BCUT2D eigenvalue weighted by Gasteiger charge is 2.23. The van der Waals surface area contributed by atoms with Crippen molar-refractivity contribution in [3.63, 3.8) is 0 Å². The third kappa shape index (κ3) is 8.84. The van der Waals surface area contributed by atoms with Crippen LogP contribution in [0.15, 0.2) is 29.3 Å². The molecule has 32 heavy (non-hydrogen) atoms. The quantitative estimate of drug-likeness (QED) is 0.310. The van der Waals surface area contributed by atoms with Crippen LogP contribution in [0.4, 0.5) is 10.5 Å². The molecule has 1 aromatic carbocycles. The maximum atomic E-state index is 12.2. The van der Waals surface area contributed by atoms with Crippen molar-refractivity contribution in [2.45, 2.75) is 65.1 Å². The molecule has 178 valence electrons. The molecule has 1 unspecified atom stereocenters. The van der Waals surface area contributed by atoms with E-state index in [1.165, 1.54) is 5.56 Å². The average Bonchev–Trinajstić information content (AvgIpc) is 2.77. The Bertz CT molecular complexity index is 746. The number of nitrogens with zero attached hydrogens (tertiary/aromatic N) is 2. The molecule has 2 rings (SSSR count). The number of para-hydroxylation sites is 1. The summed E-state index contributed by atoms with van der Waals surface area (Å²) in [6.45, 7) is 9.12. The van der Waals surface area contributed by atoms with Crippen LogP contribution < -0.4 is 21.3 Å². The van der Waals surface area contributed by atoms with E-state index in [1.807, 2.05) is 31.5 Å². The van der Waals surface area contributed by atoms with Crippen molar-refractivity contribution in [1.82, 2.24) is 20.9 Å². The third-order valence-electron chi connectivity index (χ3n) is 5.81. The number of likely N-dealkylation sites (tertiary alicyclic amines) is 1. The van der Waals surface area contributed by atoms with Crippen molar-refractivity contribution in [2.24, 2.45) is 10.9 Å². The topological polar surface area (TPSA) is 80.8 Å². The molecule has 0 saturated carbocycles. The summed E-state index contributed by atoms with van der Waals surface area (Å²) < 4.78 is 0. The molecular formula is C24H40N6OS. The highest BCUT2D eigenvalue weighted by atomic mass is 32.1. The normalized spacial score (nSPS) is 16.3. The summed E-state index contributed by atoms with van der Waals surface area (Å²) in [5.41, 5.74) is 2.10. The molecule has 1 saturated heterocycles. The van der Waals surface area contributed by atoms with Crippen molar-refractivity contribution in [1.29, 1.82) is 0 Å². The van der Waals surface area contributed by atoms with E-state index >= 15 is 0 Å². The summed E-state index contributed by atoms with van der Waals surface area (Å²) in [5, 5.41) is 12.4. The summed E-state index contributed by atoms with van der Waals surface area (Å²) in [7, 11) is 1.96. The van der Waals surface area contributed by atoms with Gasteiger partial charge in [-0.3, -0.25) is 20.5 Å². The number of benzene rings is 1. The summed E-state index contributed by atoms with van der Waals surface area (Å²) in [6.07, 6.45) is 7.45. The number of carbonyl (C=O) groups is 1. The molecule has 1 fully saturated rings. The Morgan fingerprint density at radius 2 is 2.00 bits per heavy atom. The Labute approximate surface area is 198 Å². The van der Waals surface area contributed by atoms with Crippen molar-refractivity contribution in [3.8, 4) is 0 Å². The molecule has 0 spiro atoms. The fourth-order valence-electron chi connectivity index (χ4n) is 3.95. The molecule has 1 aromatic rings. The van der Waals surface area contributed by atoms with Crippen molar-refractivity contribution in [2.75, 3.05) is 32.0 Å². The number of nitrogens with one attached hydrogen (secondary N) is 4. The summed E-state index contributed by atoms with van der Waals surface area (Å²) in [5.74, 6) is 0.986. The van der Waals surface area contributed by atoms with Gasteiger partial charge in [0.1, 0.15) is 0 Å². The molecule has 1 aliphatic heterocycles. The number of urea groups is 1. The zero-order chi connectivity index (χ0) is 23.3. The first kappa shape index (κ1) is 26.2. The number of amides is 2. The average molecular weight is 461 g/mol. The lowest BCUT2D eigenvalue weighted by molar-refractivity contribution is 0.118. The van der Waals surface area contributed by atoms with E-state index in [4.69, 9.17) is 12.2 Å². The SMILES string of the molecule is CCCC=NC(NC)N1CCC(CCNC(=O)NC(=S)Nc2ccccc2C(C)C)CC1. The highest BCUT2D eigenvalue weighted by Crippen LogP contribution is 2.23. The lowest BCUT2D eigenvalue weighted by atomic mass is 9.93. The van der Waals surface area contributed by atoms with Crippen LogP contribution in [0.25, 0.3) is 0 Å². The standard InChI is InChI=1S/C24H40N6OS/c1-5-6-14-26-22(25-4)30-16-12-19(13-17-30)11-15-27-23(31)29-24(32)28-21-10-8-7-9-20(21)18(2)3/h7-10,14,18-19,22,25H,5-6,11-13,15-17H2,1-4H3,(H3,27,28,29,31,32). The van der Waals surface area contributed by atoms with Gasteiger partial charge < -0.3 is 10.6 Å². The number of thiocarbonyl (C=S) groups is 1. The second-order valence-corrected chi connectivity index (χ2v) is 9.04. The third-order valence-corrected chi connectivity index (χ3v) is 6.02. The lowest BCUT2D eigenvalue weighted by Crippen LogP contribution is -2.47.